The number of benzene rings is 1. The molecule has 0 heterocycles. The Hall–Kier alpha value is -0.120. The molecular formula is C8H10ClO3PS. The van der Waals surface area contributed by atoms with Crippen molar-refractivity contribution >= 4 is 30.4 Å². The highest BCUT2D eigenvalue weighted by atomic mass is 35.5. The lowest BCUT2D eigenvalue weighted by Crippen LogP contribution is -1.93. The van der Waals surface area contributed by atoms with E-state index in [0.29, 0.717) is 5.75 Å². The fourth-order valence-corrected chi connectivity index (χ4v) is 1.85. The number of hydrogen-bond donors (Lipinski definition) is 1. The Morgan fingerprint density at radius 2 is 2.07 bits per heavy atom. The molecule has 0 aromatic heterocycles. The van der Waals surface area contributed by atoms with Crippen LogP contribution < -0.4 is 4.52 Å². The molecule has 0 aliphatic rings. The van der Waals surface area contributed by atoms with Crippen LogP contribution in [0.25, 0.3) is 0 Å². The minimum absolute atomic E-state index is 0.488. The second-order valence-electron chi connectivity index (χ2n) is 2.90. The Bertz CT molecular complexity index is 383. The zero-order valence-corrected chi connectivity index (χ0v) is 10.2. The lowest BCUT2D eigenvalue weighted by molar-refractivity contribution is 0.390. The molecule has 0 fully saturated rings. The molecule has 0 aliphatic heterocycles. The van der Waals surface area contributed by atoms with Crippen LogP contribution in [-0.4, -0.2) is 4.89 Å². The Labute approximate surface area is 93.0 Å². The van der Waals surface area contributed by atoms with Crippen molar-refractivity contribution in [2.24, 2.45) is 0 Å². The molecule has 1 rings (SSSR count). The summed E-state index contributed by atoms with van der Waals surface area (Å²) in [6, 6.07) is 5.49. The SMILES string of the molecule is Cc1ccc(OP(O)(=S)OCl)c(C)c1. The molecule has 0 aliphatic carbocycles. The topological polar surface area (TPSA) is 38.7 Å². The zero-order chi connectivity index (χ0) is 10.8. The first-order chi connectivity index (χ1) is 6.44. The van der Waals surface area contributed by atoms with Gasteiger partial charge in [0, 0.05) is 11.8 Å². The van der Waals surface area contributed by atoms with Crippen LogP contribution in [-0.2, 0) is 15.9 Å². The molecule has 14 heavy (non-hydrogen) atoms. The Morgan fingerprint density at radius 3 is 2.57 bits per heavy atom. The first-order valence-electron chi connectivity index (χ1n) is 3.84. The lowest BCUT2D eigenvalue weighted by atomic mass is 10.1. The molecule has 0 bridgehead atoms. The molecule has 6 heteroatoms. The maximum Gasteiger partial charge on any atom is 0.394 e. The second kappa shape index (κ2) is 4.60. The van der Waals surface area contributed by atoms with Gasteiger partial charge in [-0.05, 0) is 25.5 Å². The van der Waals surface area contributed by atoms with Gasteiger partial charge in [0.25, 0.3) is 0 Å². The van der Waals surface area contributed by atoms with Crippen LogP contribution >= 0.6 is 18.6 Å². The predicted octanol–water partition coefficient (Wildman–Crippen LogP) is 3.07. The molecule has 1 unspecified atom stereocenters. The quantitative estimate of drug-likeness (QED) is 0.839. The summed E-state index contributed by atoms with van der Waals surface area (Å²) in [6.45, 7) is 0.477. The summed E-state index contributed by atoms with van der Waals surface area (Å²) in [4.78, 5) is 9.32. The molecule has 0 saturated carbocycles. The molecule has 0 radical (unpaired) electrons. The van der Waals surface area contributed by atoms with Gasteiger partial charge in [0.2, 0.25) is 0 Å². The zero-order valence-electron chi connectivity index (χ0n) is 7.73. The van der Waals surface area contributed by atoms with Crippen LogP contribution in [0, 0.1) is 13.8 Å². The Morgan fingerprint density at radius 1 is 1.43 bits per heavy atom. The molecular weight excluding hydrogens is 243 g/mol. The molecule has 1 N–H and O–H groups in total. The van der Waals surface area contributed by atoms with E-state index >= 15 is 0 Å². The average Bonchev–Trinajstić information content (AvgIpc) is 2.10. The van der Waals surface area contributed by atoms with Crippen molar-refractivity contribution in [3.63, 3.8) is 0 Å². The van der Waals surface area contributed by atoms with E-state index in [4.69, 9.17) is 16.4 Å². The van der Waals surface area contributed by atoms with Crippen molar-refractivity contribution in [2.75, 3.05) is 0 Å². The summed E-state index contributed by atoms with van der Waals surface area (Å²) in [5.41, 5.74) is 1.98. The average molecular weight is 253 g/mol. The van der Waals surface area contributed by atoms with Crippen molar-refractivity contribution in [1.82, 2.24) is 0 Å². The third-order valence-electron chi connectivity index (χ3n) is 1.63. The summed E-state index contributed by atoms with van der Waals surface area (Å²) in [6.07, 6.45) is 0. The van der Waals surface area contributed by atoms with Crippen molar-refractivity contribution in [1.29, 1.82) is 0 Å². The summed E-state index contributed by atoms with van der Waals surface area (Å²) in [5, 5.41) is 0. The van der Waals surface area contributed by atoms with Gasteiger partial charge < -0.3 is 9.42 Å². The van der Waals surface area contributed by atoms with E-state index in [1.54, 1.807) is 6.07 Å². The highest BCUT2D eigenvalue weighted by Crippen LogP contribution is 2.46. The minimum Gasteiger partial charge on any atom is -0.423 e. The number of rotatable bonds is 3. The first kappa shape index (κ1) is 12.0. The smallest absolute Gasteiger partial charge is 0.394 e. The van der Waals surface area contributed by atoms with Gasteiger partial charge in [0.15, 0.2) is 0 Å². The van der Waals surface area contributed by atoms with E-state index in [1.165, 1.54) is 0 Å². The lowest BCUT2D eigenvalue weighted by Gasteiger charge is -2.14. The van der Waals surface area contributed by atoms with Gasteiger partial charge in [-0.3, -0.25) is 0 Å². The highest BCUT2D eigenvalue weighted by Gasteiger charge is 2.17. The summed E-state index contributed by atoms with van der Waals surface area (Å²) in [7, 11) is 0. The van der Waals surface area contributed by atoms with Gasteiger partial charge in [-0.25, -0.2) is 0 Å². The fourth-order valence-electron chi connectivity index (χ4n) is 1.04. The van der Waals surface area contributed by atoms with E-state index in [9.17, 15) is 4.89 Å². The minimum atomic E-state index is -3.34. The summed E-state index contributed by atoms with van der Waals surface area (Å²) < 4.78 is 9.22. The largest absolute Gasteiger partial charge is 0.423 e. The van der Waals surface area contributed by atoms with Gasteiger partial charge in [0.1, 0.15) is 5.75 Å². The molecule has 1 aromatic rings. The maximum atomic E-state index is 9.32. The molecule has 0 amide bonds. The second-order valence-corrected chi connectivity index (χ2v) is 5.95. The van der Waals surface area contributed by atoms with Crippen LogP contribution in [0.15, 0.2) is 18.2 Å². The van der Waals surface area contributed by atoms with Gasteiger partial charge in [0.05, 0.1) is 11.9 Å². The van der Waals surface area contributed by atoms with E-state index in [-0.39, 0.29) is 0 Å². The maximum absolute atomic E-state index is 9.32. The monoisotopic (exact) mass is 252 g/mol. The van der Waals surface area contributed by atoms with E-state index in [1.807, 2.05) is 26.0 Å². The van der Waals surface area contributed by atoms with Crippen molar-refractivity contribution < 1.29 is 13.5 Å². The first-order valence-corrected chi connectivity index (χ1v) is 6.74. The molecule has 1 atom stereocenters. The van der Waals surface area contributed by atoms with Gasteiger partial charge >= 0.3 is 6.72 Å². The number of aryl methyl sites for hydroxylation is 2. The van der Waals surface area contributed by atoms with E-state index < -0.39 is 6.72 Å². The normalized spacial score (nSPS) is 14.9. The number of hydrogen-bond acceptors (Lipinski definition) is 3. The predicted molar refractivity (Wildman–Crippen MR) is 60.0 cm³/mol. The Balaban J connectivity index is 2.93. The van der Waals surface area contributed by atoms with Gasteiger partial charge in [-0.1, -0.05) is 17.7 Å². The third kappa shape index (κ3) is 3.23. The fraction of sp³-hybridized carbons (Fsp3) is 0.250. The van der Waals surface area contributed by atoms with E-state index in [0.717, 1.165) is 11.1 Å². The van der Waals surface area contributed by atoms with Crippen molar-refractivity contribution in [2.45, 2.75) is 13.8 Å². The van der Waals surface area contributed by atoms with Gasteiger partial charge in [-0.2, -0.15) is 4.08 Å². The van der Waals surface area contributed by atoms with Crippen molar-refractivity contribution in [3.05, 3.63) is 29.3 Å². The third-order valence-corrected chi connectivity index (χ3v) is 3.49. The van der Waals surface area contributed by atoms with Crippen molar-refractivity contribution in [3.8, 4) is 5.75 Å². The molecule has 0 spiro atoms. The standard InChI is InChI=1S/C8H10ClO3PS/c1-6-3-4-8(7(2)5-6)11-13(10,14)12-9/h3-5H,1-2H3,(H,10,14). The van der Waals surface area contributed by atoms with Crippen LogP contribution in [0.1, 0.15) is 11.1 Å². The molecule has 3 nitrogen and oxygen atoms in total. The van der Waals surface area contributed by atoms with Crippen LogP contribution in [0.5, 0.6) is 5.75 Å². The number of halogens is 1. The highest BCUT2D eigenvalue weighted by molar-refractivity contribution is 8.07. The van der Waals surface area contributed by atoms with Crippen LogP contribution in [0.2, 0.25) is 0 Å². The molecule has 78 valence electrons. The summed E-state index contributed by atoms with van der Waals surface area (Å²) in [5.74, 6) is 0.488. The molecule has 0 saturated heterocycles. The van der Waals surface area contributed by atoms with Crippen LogP contribution in [0.3, 0.4) is 0 Å². The molecule has 1 aromatic carbocycles. The Kier molecular flexibility index (Phi) is 3.93. The van der Waals surface area contributed by atoms with Gasteiger partial charge in [-0.15, -0.1) is 0 Å². The summed E-state index contributed by atoms with van der Waals surface area (Å²) >= 11 is 9.61. The van der Waals surface area contributed by atoms with E-state index in [2.05, 4.69) is 15.9 Å². The van der Waals surface area contributed by atoms with Crippen LogP contribution in [0.4, 0.5) is 0 Å².